The molecule has 0 spiro atoms. The van der Waals surface area contributed by atoms with Gasteiger partial charge in [0.25, 0.3) is 0 Å². The molecule has 3 aromatic rings. The molecule has 0 radical (unpaired) electrons. The van der Waals surface area contributed by atoms with Gasteiger partial charge in [-0.25, -0.2) is 9.59 Å². The Morgan fingerprint density at radius 1 is 1.03 bits per heavy atom. The highest BCUT2D eigenvalue weighted by atomic mass is 16.6. The molecule has 8 heteroatoms. The number of hydrogen-bond acceptors (Lipinski definition) is 6. The van der Waals surface area contributed by atoms with Crippen molar-refractivity contribution >= 4 is 12.0 Å². The second kappa shape index (κ2) is 9.91. The van der Waals surface area contributed by atoms with Crippen molar-refractivity contribution in [3.63, 3.8) is 0 Å². The Labute approximate surface area is 209 Å². The monoisotopic (exact) mass is 488 g/mol. The van der Waals surface area contributed by atoms with E-state index in [2.05, 4.69) is 5.32 Å². The van der Waals surface area contributed by atoms with Gasteiger partial charge in [-0.15, -0.1) is 0 Å². The highest BCUT2D eigenvalue weighted by molar-refractivity contribution is 5.89. The first-order valence-corrected chi connectivity index (χ1v) is 11.8. The smallest absolute Gasteiger partial charge is 0.338 e. The van der Waals surface area contributed by atoms with Gasteiger partial charge in [0.1, 0.15) is 24.7 Å². The Balaban J connectivity index is 1.42. The second-order valence-electron chi connectivity index (χ2n) is 8.88. The van der Waals surface area contributed by atoms with Crippen LogP contribution in [0.15, 0.2) is 78.9 Å². The largest absolute Gasteiger partial charge is 0.497 e. The molecule has 2 aliphatic rings. The van der Waals surface area contributed by atoms with Gasteiger partial charge in [0.05, 0.1) is 31.2 Å². The summed E-state index contributed by atoms with van der Waals surface area (Å²) < 4.78 is 23.6. The SMILES string of the molecule is COc1ccc(COC[C@@]23Oc4ccccc4[C@@H](NC(=O)N2C)[C@H]3COC(=O)c2ccccc2)cc1. The van der Waals surface area contributed by atoms with Gasteiger partial charge in [-0.2, -0.15) is 0 Å². The lowest BCUT2D eigenvalue weighted by atomic mass is 9.79. The fraction of sp³-hybridized carbons (Fsp3) is 0.286. The normalized spacial score (nSPS) is 22.2. The minimum absolute atomic E-state index is 0.0310. The Bertz CT molecular complexity index is 1230. The van der Waals surface area contributed by atoms with E-state index in [0.29, 0.717) is 17.9 Å². The van der Waals surface area contributed by atoms with Crippen molar-refractivity contribution in [3.8, 4) is 11.5 Å². The van der Waals surface area contributed by atoms with E-state index in [1.54, 1.807) is 38.4 Å². The number of hydrogen-bond donors (Lipinski definition) is 1. The van der Waals surface area contributed by atoms with E-state index in [-0.39, 0.29) is 19.2 Å². The van der Waals surface area contributed by atoms with E-state index in [4.69, 9.17) is 18.9 Å². The van der Waals surface area contributed by atoms with Gasteiger partial charge in [-0.1, -0.05) is 48.5 Å². The summed E-state index contributed by atoms with van der Waals surface area (Å²) in [6.45, 7) is 0.429. The molecule has 2 heterocycles. The quantitative estimate of drug-likeness (QED) is 0.479. The molecule has 2 aliphatic heterocycles. The van der Waals surface area contributed by atoms with Crippen LogP contribution in [0.4, 0.5) is 4.79 Å². The summed E-state index contributed by atoms with van der Waals surface area (Å²) in [4.78, 5) is 27.2. The Hall–Kier alpha value is -4.04. The topological polar surface area (TPSA) is 86.3 Å². The zero-order valence-corrected chi connectivity index (χ0v) is 20.2. The number of ether oxygens (including phenoxy) is 4. The van der Waals surface area contributed by atoms with Crippen molar-refractivity contribution in [2.24, 2.45) is 5.92 Å². The Kier molecular flexibility index (Phi) is 6.52. The lowest BCUT2D eigenvalue weighted by Gasteiger charge is -2.55. The van der Waals surface area contributed by atoms with Crippen LogP contribution in [0.2, 0.25) is 0 Å². The lowest BCUT2D eigenvalue weighted by molar-refractivity contribution is -0.182. The number of carbonyl (C=O) groups is 2. The summed E-state index contributed by atoms with van der Waals surface area (Å²) in [6, 6.07) is 23.3. The van der Waals surface area contributed by atoms with Crippen LogP contribution in [0, 0.1) is 5.92 Å². The number of likely N-dealkylation sites (N-methyl/N-ethyl adjacent to an activating group) is 1. The van der Waals surface area contributed by atoms with Gasteiger partial charge < -0.3 is 24.3 Å². The van der Waals surface area contributed by atoms with Crippen molar-refractivity contribution in [2.45, 2.75) is 18.4 Å². The zero-order chi connectivity index (χ0) is 25.1. The first kappa shape index (κ1) is 23.7. The summed E-state index contributed by atoms with van der Waals surface area (Å²) in [5.74, 6) is 0.568. The molecule has 3 aromatic carbocycles. The highest BCUT2D eigenvalue weighted by Gasteiger charge is 2.59. The summed E-state index contributed by atoms with van der Waals surface area (Å²) in [7, 11) is 3.29. The van der Waals surface area contributed by atoms with Crippen molar-refractivity contribution < 1.29 is 28.5 Å². The molecule has 2 bridgehead atoms. The number of rotatable bonds is 8. The molecule has 186 valence electrons. The summed E-state index contributed by atoms with van der Waals surface area (Å²) in [6.07, 6.45) is 0. The molecule has 2 amide bonds. The number of nitrogens with one attached hydrogen (secondary N) is 1. The molecule has 1 fully saturated rings. The predicted octanol–water partition coefficient (Wildman–Crippen LogP) is 4.17. The molecular weight excluding hydrogens is 460 g/mol. The van der Waals surface area contributed by atoms with E-state index >= 15 is 0 Å². The number of amides is 2. The van der Waals surface area contributed by atoms with E-state index in [9.17, 15) is 9.59 Å². The third-order valence-corrected chi connectivity index (χ3v) is 6.81. The van der Waals surface area contributed by atoms with E-state index in [1.807, 2.05) is 54.6 Å². The van der Waals surface area contributed by atoms with Gasteiger partial charge in [-0.05, 0) is 35.9 Å². The molecule has 0 aliphatic carbocycles. The molecule has 0 aromatic heterocycles. The van der Waals surface area contributed by atoms with Crippen molar-refractivity contribution in [1.82, 2.24) is 10.2 Å². The third-order valence-electron chi connectivity index (χ3n) is 6.81. The molecule has 0 unspecified atom stereocenters. The number of methoxy groups -OCH3 is 1. The summed E-state index contributed by atoms with van der Waals surface area (Å²) >= 11 is 0. The van der Waals surface area contributed by atoms with Crippen LogP contribution in [-0.2, 0) is 16.1 Å². The van der Waals surface area contributed by atoms with Gasteiger partial charge in [-0.3, -0.25) is 4.90 Å². The van der Waals surface area contributed by atoms with E-state index in [1.165, 1.54) is 4.90 Å². The van der Waals surface area contributed by atoms with Crippen LogP contribution < -0.4 is 14.8 Å². The van der Waals surface area contributed by atoms with Crippen LogP contribution in [-0.4, -0.2) is 50.0 Å². The van der Waals surface area contributed by atoms with E-state index < -0.39 is 23.7 Å². The first-order valence-electron chi connectivity index (χ1n) is 11.8. The zero-order valence-electron chi connectivity index (χ0n) is 20.2. The molecule has 1 N–H and O–H groups in total. The average molecular weight is 489 g/mol. The van der Waals surface area contributed by atoms with Crippen LogP contribution in [0.3, 0.4) is 0 Å². The molecule has 0 saturated carbocycles. The number of carbonyl (C=O) groups excluding carboxylic acids is 2. The maximum atomic E-state index is 13.0. The van der Waals surface area contributed by atoms with E-state index in [0.717, 1.165) is 16.9 Å². The standard InChI is InChI=1S/C28H28N2O6/c1-30-27(32)29-25-22-10-6-7-11-24(22)36-28(30,18-34-16-19-12-14-21(33-2)15-13-19)23(25)17-35-26(31)20-8-4-3-5-9-20/h3-15,23,25H,16-18H2,1-2H3,(H,29,32)/t23-,25-,28+/m1/s1. The number of fused-ring (bicyclic) bond motifs is 4. The van der Waals surface area contributed by atoms with Crippen molar-refractivity contribution in [3.05, 3.63) is 95.6 Å². The second-order valence-corrected chi connectivity index (χ2v) is 8.88. The number of para-hydroxylation sites is 1. The van der Waals surface area contributed by atoms with Crippen molar-refractivity contribution in [1.29, 1.82) is 0 Å². The lowest BCUT2D eigenvalue weighted by Crippen LogP contribution is -2.72. The Morgan fingerprint density at radius 2 is 1.75 bits per heavy atom. The van der Waals surface area contributed by atoms with Gasteiger partial charge in [0.2, 0.25) is 5.72 Å². The number of esters is 1. The molecule has 5 rings (SSSR count). The van der Waals surface area contributed by atoms with Gasteiger partial charge in [0.15, 0.2) is 0 Å². The minimum Gasteiger partial charge on any atom is -0.497 e. The fourth-order valence-corrected chi connectivity index (χ4v) is 4.79. The van der Waals surface area contributed by atoms with Crippen LogP contribution in [0.5, 0.6) is 11.5 Å². The third kappa shape index (κ3) is 4.35. The highest BCUT2D eigenvalue weighted by Crippen LogP contribution is 2.48. The number of benzene rings is 3. The maximum absolute atomic E-state index is 13.0. The minimum atomic E-state index is -1.18. The molecular formula is C28H28N2O6. The first-order chi connectivity index (χ1) is 17.5. The number of nitrogens with zero attached hydrogens (tertiary/aromatic N) is 1. The fourth-order valence-electron chi connectivity index (χ4n) is 4.79. The molecule has 8 nitrogen and oxygen atoms in total. The summed E-state index contributed by atoms with van der Waals surface area (Å²) in [5, 5.41) is 3.06. The molecule has 36 heavy (non-hydrogen) atoms. The predicted molar refractivity (Wildman–Crippen MR) is 132 cm³/mol. The van der Waals surface area contributed by atoms with Crippen molar-refractivity contribution in [2.75, 3.05) is 27.4 Å². The average Bonchev–Trinajstić information content (AvgIpc) is 2.92. The number of urea groups is 1. The van der Waals surface area contributed by atoms with Gasteiger partial charge in [0, 0.05) is 12.6 Å². The van der Waals surface area contributed by atoms with Crippen LogP contribution >= 0.6 is 0 Å². The van der Waals surface area contributed by atoms with Gasteiger partial charge >= 0.3 is 12.0 Å². The summed E-state index contributed by atoms with van der Waals surface area (Å²) in [5.41, 5.74) is 1.08. The Morgan fingerprint density at radius 3 is 2.50 bits per heavy atom. The maximum Gasteiger partial charge on any atom is 0.338 e. The van der Waals surface area contributed by atoms with Crippen LogP contribution in [0.1, 0.15) is 27.5 Å². The molecule has 3 atom stereocenters. The van der Waals surface area contributed by atoms with Crippen LogP contribution in [0.25, 0.3) is 0 Å². The molecule has 1 saturated heterocycles.